The fourth-order valence-electron chi connectivity index (χ4n) is 3.12. The van der Waals surface area contributed by atoms with Crippen LogP contribution in [0.1, 0.15) is 5.56 Å². The second-order valence-corrected chi connectivity index (χ2v) is 7.08. The molecule has 0 radical (unpaired) electrons. The van der Waals surface area contributed by atoms with Crippen molar-refractivity contribution in [1.82, 2.24) is 5.32 Å². The Hall–Kier alpha value is -3.53. The number of benzene rings is 2. The maximum atomic E-state index is 13.0. The molecule has 1 saturated heterocycles. The molecule has 2 aromatic rings. The van der Waals surface area contributed by atoms with Gasteiger partial charge < -0.3 is 18.9 Å². The Bertz CT molecular complexity index is 1130. The number of barbiturate groups is 1. The minimum atomic E-state index is -0.847. The zero-order valence-corrected chi connectivity index (χ0v) is 16.1. The Morgan fingerprint density at radius 2 is 1.55 bits per heavy atom. The molecule has 29 heavy (non-hydrogen) atoms. The summed E-state index contributed by atoms with van der Waals surface area (Å²) in [5, 5.41) is 2.18. The topological polar surface area (TPSA) is 103 Å². The summed E-state index contributed by atoms with van der Waals surface area (Å²) in [6.45, 7) is 0.147. The molecule has 1 N–H and O–H groups in total. The highest BCUT2D eigenvalue weighted by Crippen LogP contribution is 2.39. The molecule has 0 atom stereocenters. The van der Waals surface area contributed by atoms with Crippen LogP contribution in [0, 0.1) is 0 Å². The third-order valence-corrected chi connectivity index (χ3v) is 5.19. The van der Waals surface area contributed by atoms with Crippen LogP contribution < -0.4 is 29.2 Å². The van der Waals surface area contributed by atoms with Crippen molar-refractivity contribution in [3.8, 4) is 23.0 Å². The summed E-state index contributed by atoms with van der Waals surface area (Å²) in [5.41, 5.74) is 0.564. The van der Waals surface area contributed by atoms with E-state index in [4.69, 9.17) is 18.9 Å². The number of halogens is 1. The van der Waals surface area contributed by atoms with Gasteiger partial charge >= 0.3 is 6.03 Å². The van der Waals surface area contributed by atoms with Crippen molar-refractivity contribution < 1.29 is 33.3 Å². The van der Waals surface area contributed by atoms with Crippen molar-refractivity contribution in [3.05, 3.63) is 45.9 Å². The monoisotopic (exact) mass is 458 g/mol. The fraction of sp³-hybridized carbons (Fsp3) is 0.105. The van der Waals surface area contributed by atoms with Crippen LogP contribution in [0.2, 0.25) is 0 Å². The number of hydrogen-bond acceptors (Lipinski definition) is 7. The normalized spacial score (nSPS) is 18.4. The Balaban J connectivity index is 1.54. The standard InChI is InChI=1S/C19H11BrN2O7/c20-12-6-16-14(27-8-29-16)4-9(12)3-11-17(23)21-19(25)22(18(11)24)10-1-2-13-15(5-10)28-7-26-13/h1-6H,7-8H2,(H,21,23,25)/b11-3-. The van der Waals surface area contributed by atoms with E-state index in [0.717, 1.165) is 4.90 Å². The zero-order valence-electron chi connectivity index (χ0n) is 14.6. The third-order valence-electron chi connectivity index (χ3n) is 4.51. The number of fused-ring (bicyclic) bond motifs is 2. The van der Waals surface area contributed by atoms with Crippen LogP contribution in [-0.4, -0.2) is 31.4 Å². The summed E-state index contributed by atoms with van der Waals surface area (Å²) >= 11 is 3.39. The van der Waals surface area contributed by atoms with E-state index in [1.165, 1.54) is 18.2 Å². The van der Waals surface area contributed by atoms with Gasteiger partial charge in [0.25, 0.3) is 11.8 Å². The Morgan fingerprint density at radius 1 is 0.897 bits per heavy atom. The van der Waals surface area contributed by atoms with Gasteiger partial charge in [-0.2, -0.15) is 0 Å². The van der Waals surface area contributed by atoms with E-state index in [1.807, 2.05) is 0 Å². The van der Waals surface area contributed by atoms with E-state index in [1.54, 1.807) is 18.2 Å². The molecule has 5 rings (SSSR count). The number of nitrogens with zero attached hydrogens (tertiary/aromatic N) is 1. The molecule has 0 unspecified atom stereocenters. The first kappa shape index (κ1) is 17.6. The average molecular weight is 459 g/mol. The Morgan fingerprint density at radius 3 is 2.31 bits per heavy atom. The number of hydrogen-bond donors (Lipinski definition) is 1. The molecule has 0 aliphatic carbocycles. The van der Waals surface area contributed by atoms with E-state index in [-0.39, 0.29) is 24.8 Å². The summed E-state index contributed by atoms with van der Waals surface area (Å²) in [7, 11) is 0. The van der Waals surface area contributed by atoms with Crippen LogP contribution in [0.25, 0.3) is 6.08 Å². The van der Waals surface area contributed by atoms with Crippen molar-refractivity contribution in [1.29, 1.82) is 0 Å². The molecule has 2 aromatic carbocycles. The van der Waals surface area contributed by atoms with E-state index in [0.29, 0.717) is 33.0 Å². The van der Waals surface area contributed by atoms with E-state index in [2.05, 4.69) is 21.2 Å². The molecule has 0 bridgehead atoms. The molecular weight excluding hydrogens is 448 g/mol. The predicted octanol–water partition coefficient (Wildman–Crippen LogP) is 2.57. The first-order valence-corrected chi connectivity index (χ1v) is 9.21. The maximum absolute atomic E-state index is 13.0. The highest BCUT2D eigenvalue weighted by molar-refractivity contribution is 9.10. The number of imide groups is 2. The Kier molecular flexibility index (Phi) is 3.95. The number of anilines is 1. The highest BCUT2D eigenvalue weighted by Gasteiger charge is 2.37. The largest absolute Gasteiger partial charge is 0.454 e. The first-order chi connectivity index (χ1) is 14.0. The molecule has 3 heterocycles. The van der Waals surface area contributed by atoms with Crippen LogP contribution >= 0.6 is 15.9 Å². The van der Waals surface area contributed by atoms with Crippen molar-refractivity contribution >= 4 is 45.5 Å². The van der Waals surface area contributed by atoms with Gasteiger partial charge in [-0.25, -0.2) is 9.69 Å². The average Bonchev–Trinajstić information content (AvgIpc) is 3.33. The number of ether oxygens (including phenoxy) is 4. The van der Waals surface area contributed by atoms with E-state index >= 15 is 0 Å². The minimum absolute atomic E-state index is 0.0563. The van der Waals surface area contributed by atoms with E-state index < -0.39 is 17.8 Å². The van der Waals surface area contributed by atoms with Gasteiger partial charge in [0.05, 0.1) is 5.69 Å². The van der Waals surface area contributed by atoms with Crippen LogP contribution in [0.5, 0.6) is 23.0 Å². The van der Waals surface area contributed by atoms with Gasteiger partial charge in [-0.15, -0.1) is 0 Å². The molecule has 10 heteroatoms. The number of rotatable bonds is 2. The number of carbonyl (C=O) groups excluding carboxylic acids is 3. The molecule has 9 nitrogen and oxygen atoms in total. The first-order valence-electron chi connectivity index (χ1n) is 8.41. The van der Waals surface area contributed by atoms with Gasteiger partial charge in [0.1, 0.15) is 5.57 Å². The SMILES string of the molecule is O=C1NC(=O)N(c2ccc3c(c2)OCO3)C(=O)/C1=C\c1cc2c(cc1Br)OCO2. The number of urea groups is 1. The molecule has 0 aromatic heterocycles. The van der Waals surface area contributed by atoms with Gasteiger partial charge in [0.2, 0.25) is 13.6 Å². The number of carbonyl (C=O) groups is 3. The lowest BCUT2D eigenvalue weighted by molar-refractivity contribution is -0.122. The molecule has 0 saturated carbocycles. The smallest absolute Gasteiger partial charge is 0.335 e. The summed E-state index contributed by atoms with van der Waals surface area (Å²) in [4.78, 5) is 38.6. The van der Waals surface area contributed by atoms with E-state index in [9.17, 15) is 14.4 Å². The highest BCUT2D eigenvalue weighted by atomic mass is 79.9. The molecule has 4 amide bonds. The lowest BCUT2D eigenvalue weighted by Gasteiger charge is -2.26. The summed E-state index contributed by atoms with van der Waals surface area (Å²) in [6, 6.07) is 7.10. The lowest BCUT2D eigenvalue weighted by atomic mass is 10.1. The lowest BCUT2D eigenvalue weighted by Crippen LogP contribution is -2.54. The van der Waals surface area contributed by atoms with Crippen LogP contribution in [0.4, 0.5) is 10.5 Å². The Labute approximate surface area is 171 Å². The zero-order chi connectivity index (χ0) is 20.1. The van der Waals surface area contributed by atoms with Crippen molar-refractivity contribution in [3.63, 3.8) is 0 Å². The third kappa shape index (κ3) is 2.88. The van der Waals surface area contributed by atoms with Gasteiger partial charge in [-0.3, -0.25) is 14.9 Å². The van der Waals surface area contributed by atoms with Crippen molar-refractivity contribution in [2.75, 3.05) is 18.5 Å². The molecule has 1 fully saturated rings. The van der Waals surface area contributed by atoms with Gasteiger partial charge in [0.15, 0.2) is 23.0 Å². The van der Waals surface area contributed by atoms with Gasteiger partial charge in [-0.05, 0) is 35.9 Å². The molecular formula is C19H11BrN2O7. The van der Waals surface area contributed by atoms with Gasteiger partial charge in [-0.1, -0.05) is 15.9 Å². The number of nitrogens with one attached hydrogen (secondary N) is 1. The van der Waals surface area contributed by atoms with Crippen molar-refractivity contribution in [2.45, 2.75) is 0 Å². The quantitative estimate of drug-likeness (QED) is 0.544. The predicted molar refractivity (Wildman–Crippen MR) is 102 cm³/mol. The van der Waals surface area contributed by atoms with Gasteiger partial charge in [0, 0.05) is 10.5 Å². The summed E-state index contributed by atoms with van der Waals surface area (Å²) in [6.07, 6.45) is 1.39. The second-order valence-electron chi connectivity index (χ2n) is 6.22. The van der Waals surface area contributed by atoms with Crippen LogP contribution in [-0.2, 0) is 9.59 Å². The second kappa shape index (κ2) is 6.52. The van der Waals surface area contributed by atoms with Crippen LogP contribution in [0.15, 0.2) is 40.4 Å². The molecule has 3 aliphatic heterocycles. The maximum Gasteiger partial charge on any atom is 0.335 e. The molecule has 0 spiro atoms. The van der Waals surface area contributed by atoms with Crippen molar-refractivity contribution in [2.24, 2.45) is 0 Å². The summed E-state index contributed by atoms with van der Waals surface area (Å²) < 4.78 is 21.8. The minimum Gasteiger partial charge on any atom is -0.454 e. The fourth-order valence-corrected chi connectivity index (χ4v) is 3.55. The molecule has 3 aliphatic rings. The number of amides is 4. The molecule has 146 valence electrons. The van der Waals surface area contributed by atoms with Crippen LogP contribution in [0.3, 0.4) is 0 Å². The summed E-state index contributed by atoms with van der Waals surface area (Å²) in [5.74, 6) is 0.408.